The molecule has 154 valence electrons. The first-order valence-corrected chi connectivity index (χ1v) is 11.2. The van der Waals surface area contributed by atoms with E-state index in [1.807, 2.05) is 42.5 Å². The summed E-state index contributed by atoms with van der Waals surface area (Å²) in [7, 11) is 3.16. The predicted molar refractivity (Wildman–Crippen MR) is 120 cm³/mol. The summed E-state index contributed by atoms with van der Waals surface area (Å²) in [6.45, 7) is 0.521. The van der Waals surface area contributed by atoms with Crippen LogP contribution in [0.1, 0.15) is 21.6 Å². The van der Waals surface area contributed by atoms with Gasteiger partial charge in [0.05, 0.1) is 31.4 Å². The lowest BCUT2D eigenvalue weighted by molar-refractivity contribution is 0.0952. The van der Waals surface area contributed by atoms with Gasteiger partial charge < -0.3 is 14.8 Å². The highest BCUT2D eigenvalue weighted by molar-refractivity contribution is 7.98. The highest BCUT2D eigenvalue weighted by atomic mass is 32.2. The van der Waals surface area contributed by atoms with Gasteiger partial charge in [-0.1, -0.05) is 24.3 Å². The van der Waals surface area contributed by atoms with Crippen LogP contribution in [-0.4, -0.2) is 37.4 Å². The molecule has 30 heavy (non-hydrogen) atoms. The van der Waals surface area contributed by atoms with E-state index in [9.17, 15) is 4.79 Å². The molecule has 0 bridgehead atoms. The molecule has 0 aliphatic rings. The molecular weight excluding hydrogens is 418 g/mol. The second kappa shape index (κ2) is 10.7. The van der Waals surface area contributed by atoms with Crippen LogP contribution in [0.4, 0.5) is 0 Å². The molecule has 0 fully saturated rings. The van der Waals surface area contributed by atoms with Crippen molar-refractivity contribution >= 4 is 29.0 Å². The Bertz CT molecular complexity index is 1060. The number of thioether (sulfide) groups is 1. The molecule has 1 aromatic heterocycles. The third kappa shape index (κ3) is 5.12. The van der Waals surface area contributed by atoms with Crippen LogP contribution in [0.25, 0.3) is 10.6 Å². The highest BCUT2D eigenvalue weighted by Crippen LogP contribution is 2.38. The number of hydrogen-bond acceptors (Lipinski definition) is 7. The number of thiazole rings is 1. The van der Waals surface area contributed by atoms with Crippen LogP contribution < -0.4 is 14.8 Å². The van der Waals surface area contributed by atoms with Crippen molar-refractivity contribution in [2.24, 2.45) is 0 Å². The third-order valence-corrected chi connectivity index (χ3v) is 6.18. The molecule has 1 heterocycles. The van der Waals surface area contributed by atoms with E-state index >= 15 is 0 Å². The van der Waals surface area contributed by atoms with E-state index in [2.05, 4.69) is 16.4 Å². The van der Waals surface area contributed by atoms with Crippen LogP contribution in [0.15, 0.2) is 47.8 Å². The number of carbonyl (C=O) groups excluding carboxylic acids is 1. The molecule has 1 amide bonds. The zero-order chi connectivity index (χ0) is 21.3. The van der Waals surface area contributed by atoms with Gasteiger partial charge in [0.15, 0.2) is 11.5 Å². The Morgan fingerprint density at radius 1 is 1.20 bits per heavy atom. The van der Waals surface area contributed by atoms with Gasteiger partial charge in [-0.05, 0) is 23.8 Å². The van der Waals surface area contributed by atoms with Gasteiger partial charge in [0.2, 0.25) is 0 Å². The summed E-state index contributed by atoms with van der Waals surface area (Å²) >= 11 is 3.05. The first-order valence-electron chi connectivity index (χ1n) is 9.18. The number of nitriles is 1. The first kappa shape index (κ1) is 21.7. The van der Waals surface area contributed by atoms with Crippen LogP contribution in [0.3, 0.4) is 0 Å². The van der Waals surface area contributed by atoms with Crippen LogP contribution in [0.2, 0.25) is 0 Å². The number of amides is 1. The number of methoxy groups -OCH3 is 2. The van der Waals surface area contributed by atoms with Crippen LogP contribution in [-0.2, 0) is 5.75 Å². The van der Waals surface area contributed by atoms with Gasteiger partial charge in [0.25, 0.3) is 5.91 Å². The van der Waals surface area contributed by atoms with Crippen molar-refractivity contribution in [1.82, 2.24) is 10.3 Å². The van der Waals surface area contributed by atoms with Gasteiger partial charge in [-0.3, -0.25) is 4.79 Å². The summed E-state index contributed by atoms with van der Waals surface area (Å²) in [5.74, 6) is 2.47. The molecule has 2 aromatic carbocycles. The summed E-state index contributed by atoms with van der Waals surface area (Å²) in [6.07, 6.45) is 0. The average Bonchev–Trinajstić information content (AvgIpc) is 3.28. The lowest BCUT2D eigenvalue weighted by Gasteiger charge is -2.10. The smallest absolute Gasteiger partial charge is 0.270 e. The van der Waals surface area contributed by atoms with Crippen LogP contribution >= 0.6 is 23.1 Å². The molecule has 0 atom stereocenters. The fourth-order valence-electron chi connectivity index (χ4n) is 2.82. The Labute approximate surface area is 183 Å². The maximum absolute atomic E-state index is 12.4. The largest absolute Gasteiger partial charge is 0.493 e. The molecule has 0 aliphatic heterocycles. The average molecular weight is 440 g/mol. The Balaban J connectivity index is 1.54. The SMILES string of the molecule is COc1cccc(-c2nc(C(=O)NCCSCc3ccccc3C#N)cs2)c1OC. The van der Waals surface area contributed by atoms with Crippen molar-refractivity contribution in [3.8, 4) is 28.1 Å². The van der Waals surface area contributed by atoms with Crippen molar-refractivity contribution in [1.29, 1.82) is 5.26 Å². The number of para-hydroxylation sites is 1. The minimum absolute atomic E-state index is 0.211. The Morgan fingerprint density at radius 3 is 2.80 bits per heavy atom. The van der Waals surface area contributed by atoms with Crippen molar-refractivity contribution in [2.45, 2.75) is 5.75 Å². The normalized spacial score (nSPS) is 10.3. The van der Waals surface area contributed by atoms with E-state index in [-0.39, 0.29) is 5.91 Å². The lowest BCUT2D eigenvalue weighted by Crippen LogP contribution is -2.26. The second-order valence-electron chi connectivity index (χ2n) is 6.16. The van der Waals surface area contributed by atoms with Gasteiger partial charge in [-0.2, -0.15) is 17.0 Å². The number of nitrogens with zero attached hydrogens (tertiary/aromatic N) is 2. The lowest BCUT2D eigenvalue weighted by atomic mass is 10.1. The third-order valence-electron chi connectivity index (χ3n) is 4.30. The second-order valence-corrected chi connectivity index (χ2v) is 8.12. The number of nitrogens with one attached hydrogen (secondary N) is 1. The van der Waals surface area contributed by atoms with E-state index < -0.39 is 0 Å². The summed E-state index contributed by atoms with van der Waals surface area (Å²) in [6, 6.07) is 15.3. The van der Waals surface area contributed by atoms with E-state index in [0.717, 1.165) is 22.6 Å². The molecule has 8 heteroatoms. The summed E-state index contributed by atoms with van der Waals surface area (Å²) in [5, 5.41) is 14.5. The van der Waals surface area contributed by atoms with Crippen molar-refractivity contribution in [3.05, 3.63) is 64.7 Å². The van der Waals surface area contributed by atoms with Crippen molar-refractivity contribution in [3.63, 3.8) is 0 Å². The molecule has 0 saturated heterocycles. The van der Waals surface area contributed by atoms with E-state index in [1.54, 1.807) is 31.4 Å². The first-order chi connectivity index (χ1) is 14.7. The Morgan fingerprint density at radius 2 is 2.03 bits per heavy atom. The zero-order valence-corrected chi connectivity index (χ0v) is 18.3. The van der Waals surface area contributed by atoms with Crippen LogP contribution in [0.5, 0.6) is 11.5 Å². The molecule has 3 rings (SSSR count). The Hall–Kier alpha value is -3.02. The number of rotatable bonds is 9. The maximum atomic E-state index is 12.4. The van der Waals surface area contributed by atoms with Gasteiger partial charge >= 0.3 is 0 Å². The monoisotopic (exact) mass is 439 g/mol. The van der Waals surface area contributed by atoms with Gasteiger partial charge in [0.1, 0.15) is 10.7 Å². The Kier molecular flexibility index (Phi) is 7.71. The topological polar surface area (TPSA) is 84.2 Å². The number of benzene rings is 2. The van der Waals surface area contributed by atoms with Gasteiger partial charge in [-0.15, -0.1) is 11.3 Å². The summed E-state index contributed by atoms with van der Waals surface area (Å²) < 4.78 is 10.8. The van der Waals surface area contributed by atoms with Crippen LogP contribution in [0, 0.1) is 11.3 Å². The van der Waals surface area contributed by atoms with Crippen molar-refractivity contribution < 1.29 is 14.3 Å². The fraction of sp³-hybridized carbons (Fsp3) is 0.227. The van der Waals surface area contributed by atoms with Gasteiger partial charge in [0, 0.05) is 23.4 Å². The van der Waals surface area contributed by atoms with E-state index in [0.29, 0.717) is 34.3 Å². The van der Waals surface area contributed by atoms with Crippen molar-refractivity contribution in [2.75, 3.05) is 26.5 Å². The number of ether oxygens (including phenoxy) is 2. The van der Waals surface area contributed by atoms with Gasteiger partial charge in [-0.25, -0.2) is 4.98 Å². The molecular formula is C22H21N3O3S2. The summed E-state index contributed by atoms with van der Waals surface area (Å²) in [4.78, 5) is 16.9. The predicted octanol–water partition coefficient (Wildman–Crippen LogP) is 4.36. The molecule has 3 aromatic rings. The number of aromatic nitrogens is 1. The molecule has 0 spiro atoms. The fourth-order valence-corrected chi connectivity index (χ4v) is 4.51. The zero-order valence-electron chi connectivity index (χ0n) is 16.7. The molecule has 0 radical (unpaired) electrons. The molecule has 0 saturated carbocycles. The molecule has 6 nitrogen and oxygen atoms in total. The molecule has 0 aliphatic carbocycles. The standard InChI is InChI=1S/C22H21N3O3S2/c1-27-19-9-5-8-17(20(19)28-2)22-25-18(14-30-22)21(26)24-10-11-29-13-16-7-4-3-6-15(16)12-23/h3-9,14H,10-11,13H2,1-2H3,(H,24,26). The highest BCUT2D eigenvalue weighted by Gasteiger charge is 2.17. The van der Waals surface area contributed by atoms with E-state index in [4.69, 9.17) is 14.7 Å². The number of carbonyl (C=O) groups is 1. The maximum Gasteiger partial charge on any atom is 0.270 e. The molecule has 1 N–H and O–H groups in total. The minimum atomic E-state index is -0.211. The minimum Gasteiger partial charge on any atom is -0.493 e. The number of hydrogen-bond donors (Lipinski definition) is 1. The van der Waals surface area contributed by atoms with E-state index in [1.165, 1.54) is 11.3 Å². The quantitative estimate of drug-likeness (QED) is 0.499. The summed E-state index contributed by atoms with van der Waals surface area (Å²) in [5.41, 5.74) is 2.86. The molecule has 0 unspecified atom stereocenters.